The molecule has 0 radical (unpaired) electrons. The molecule has 0 saturated carbocycles. The van der Waals surface area contributed by atoms with Crippen molar-refractivity contribution in [3.05, 3.63) is 11.3 Å². The van der Waals surface area contributed by atoms with Crippen LogP contribution in [0.4, 0.5) is 27.0 Å². The van der Waals surface area contributed by atoms with Gasteiger partial charge in [-0.15, -0.1) is 0 Å². The van der Waals surface area contributed by atoms with Gasteiger partial charge in [-0.2, -0.15) is 31.6 Å². The van der Waals surface area contributed by atoms with E-state index < -0.39 is 23.0 Å². The van der Waals surface area contributed by atoms with E-state index in [2.05, 4.69) is 4.37 Å². The van der Waals surface area contributed by atoms with Crippen LogP contribution in [0.5, 0.6) is 0 Å². The summed E-state index contributed by atoms with van der Waals surface area (Å²) in [6, 6.07) is 1.63. The molecule has 4 nitrogen and oxygen atoms in total. The van der Waals surface area contributed by atoms with Crippen LogP contribution in [0.25, 0.3) is 0 Å². The van der Waals surface area contributed by atoms with Gasteiger partial charge in [0.1, 0.15) is 16.6 Å². The smallest absolute Gasteiger partial charge is 0.310 e. The van der Waals surface area contributed by atoms with Gasteiger partial charge in [0.05, 0.1) is 5.69 Å². The number of nitriles is 1. The standard InChI is InChI=1S/C10H8F5N3OS/c1-4(2)6-5(3-16)7(20-18-6)17-8(19)9(11,12)10(13,14)15/h4H,1-2H3,(H,17,19). The summed E-state index contributed by atoms with van der Waals surface area (Å²) in [4.78, 5) is 11.0. The summed E-state index contributed by atoms with van der Waals surface area (Å²) in [5.74, 6) is -8.32. The average molecular weight is 313 g/mol. The van der Waals surface area contributed by atoms with E-state index in [1.54, 1.807) is 19.9 Å². The van der Waals surface area contributed by atoms with E-state index in [1.807, 2.05) is 0 Å². The second kappa shape index (κ2) is 5.32. The van der Waals surface area contributed by atoms with Gasteiger partial charge >= 0.3 is 18.0 Å². The molecule has 0 aliphatic carbocycles. The zero-order chi connectivity index (χ0) is 15.7. The number of anilines is 1. The molecule has 0 atom stereocenters. The fourth-order valence-electron chi connectivity index (χ4n) is 1.20. The van der Waals surface area contributed by atoms with Crippen LogP contribution in [0, 0.1) is 11.3 Å². The van der Waals surface area contributed by atoms with Crippen molar-refractivity contribution >= 4 is 22.4 Å². The van der Waals surface area contributed by atoms with Crippen LogP contribution in [0.1, 0.15) is 31.0 Å². The largest absolute Gasteiger partial charge is 0.463 e. The minimum absolute atomic E-state index is 0.212. The Labute approximate surface area is 114 Å². The Hall–Kier alpha value is -1.76. The molecule has 1 heterocycles. The van der Waals surface area contributed by atoms with Crippen molar-refractivity contribution in [2.45, 2.75) is 31.9 Å². The van der Waals surface area contributed by atoms with Crippen LogP contribution in [-0.2, 0) is 4.79 Å². The normalized spacial score (nSPS) is 12.3. The Morgan fingerprint density at radius 1 is 1.35 bits per heavy atom. The number of nitrogens with one attached hydrogen (secondary N) is 1. The van der Waals surface area contributed by atoms with Crippen molar-refractivity contribution < 1.29 is 26.7 Å². The zero-order valence-corrected chi connectivity index (χ0v) is 11.0. The molecule has 1 rings (SSSR count). The fraction of sp³-hybridized carbons (Fsp3) is 0.500. The second-order valence-electron chi connectivity index (χ2n) is 4.06. The van der Waals surface area contributed by atoms with Gasteiger partial charge in [-0.25, -0.2) is 0 Å². The van der Waals surface area contributed by atoms with E-state index in [1.165, 1.54) is 5.32 Å². The van der Waals surface area contributed by atoms with E-state index in [0.29, 0.717) is 11.5 Å². The molecule has 110 valence electrons. The van der Waals surface area contributed by atoms with E-state index in [0.717, 1.165) is 0 Å². The van der Waals surface area contributed by atoms with Gasteiger partial charge in [-0.3, -0.25) is 4.79 Å². The third kappa shape index (κ3) is 2.87. The number of halogens is 5. The quantitative estimate of drug-likeness (QED) is 0.871. The van der Waals surface area contributed by atoms with Gasteiger partial charge in [0.15, 0.2) is 0 Å². The van der Waals surface area contributed by atoms with Crippen LogP contribution in [-0.4, -0.2) is 22.4 Å². The van der Waals surface area contributed by atoms with E-state index in [4.69, 9.17) is 5.26 Å². The maximum absolute atomic E-state index is 12.8. The predicted molar refractivity (Wildman–Crippen MR) is 60.5 cm³/mol. The van der Waals surface area contributed by atoms with E-state index in [9.17, 15) is 26.7 Å². The van der Waals surface area contributed by atoms with Crippen molar-refractivity contribution in [3.63, 3.8) is 0 Å². The third-order valence-corrected chi connectivity index (χ3v) is 3.02. The Kier molecular flexibility index (Phi) is 4.33. The lowest BCUT2D eigenvalue weighted by Crippen LogP contribution is -2.47. The highest BCUT2D eigenvalue weighted by Crippen LogP contribution is 2.37. The number of aromatic nitrogens is 1. The molecule has 0 bridgehead atoms. The summed E-state index contributed by atoms with van der Waals surface area (Å²) in [6.45, 7) is 3.32. The lowest BCUT2D eigenvalue weighted by atomic mass is 10.1. The van der Waals surface area contributed by atoms with Crippen LogP contribution in [0.2, 0.25) is 0 Å². The van der Waals surface area contributed by atoms with Gasteiger partial charge in [-0.05, 0) is 17.5 Å². The monoisotopic (exact) mass is 313 g/mol. The molecule has 20 heavy (non-hydrogen) atoms. The lowest BCUT2D eigenvalue weighted by molar-refractivity contribution is -0.267. The van der Waals surface area contributed by atoms with E-state index >= 15 is 0 Å². The molecular weight excluding hydrogens is 305 g/mol. The van der Waals surface area contributed by atoms with Crippen molar-refractivity contribution in [1.29, 1.82) is 5.26 Å². The molecule has 0 unspecified atom stereocenters. The molecular formula is C10H8F5N3OS. The van der Waals surface area contributed by atoms with Crippen molar-refractivity contribution in [3.8, 4) is 6.07 Å². The second-order valence-corrected chi connectivity index (χ2v) is 4.84. The summed E-state index contributed by atoms with van der Waals surface area (Å²) < 4.78 is 65.4. The Morgan fingerprint density at radius 3 is 2.30 bits per heavy atom. The van der Waals surface area contributed by atoms with Crippen LogP contribution >= 0.6 is 11.5 Å². The van der Waals surface area contributed by atoms with Gasteiger partial charge < -0.3 is 5.32 Å². The van der Waals surface area contributed by atoms with Crippen LogP contribution in [0.3, 0.4) is 0 Å². The Bertz CT molecular complexity index is 558. The highest BCUT2D eigenvalue weighted by molar-refractivity contribution is 7.10. The Morgan fingerprint density at radius 2 is 1.90 bits per heavy atom. The molecule has 1 aromatic rings. The molecule has 0 aliphatic heterocycles. The minimum atomic E-state index is -6.00. The molecule has 1 N–H and O–H groups in total. The van der Waals surface area contributed by atoms with Gasteiger partial charge in [0.2, 0.25) is 0 Å². The van der Waals surface area contributed by atoms with E-state index in [-0.39, 0.29) is 17.2 Å². The lowest BCUT2D eigenvalue weighted by Gasteiger charge is -2.18. The number of hydrogen-bond acceptors (Lipinski definition) is 4. The third-order valence-electron chi connectivity index (χ3n) is 2.25. The molecule has 0 aliphatic rings. The average Bonchev–Trinajstić information content (AvgIpc) is 2.70. The molecule has 10 heteroatoms. The SMILES string of the molecule is CC(C)c1nsc(NC(=O)C(F)(F)C(F)(F)F)c1C#N. The maximum Gasteiger partial charge on any atom is 0.463 e. The van der Waals surface area contributed by atoms with Gasteiger partial charge in [0.25, 0.3) is 0 Å². The van der Waals surface area contributed by atoms with Crippen LogP contribution < -0.4 is 5.32 Å². The molecule has 0 saturated heterocycles. The first-order valence-corrected chi connectivity index (χ1v) is 5.95. The number of carbonyl (C=O) groups is 1. The van der Waals surface area contributed by atoms with Gasteiger partial charge in [0, 0.05) is 0 Å². The Balaban J connectivity index is 3.07. The zero-order valence-electron chi connectivity index (χ0n) is 10.2. The fourth-order valence-corrected chi connectivity index (χ4v) is 2.07. The molecule has 1 aromatic heterocycles. The number of alkyl halides is 5. The van der Waals surface area contributed by atoms with Crippen molar-refractivity contribution in [2.75, 3.05) is 5.32 Å². The molecule has 1 amide bonds. The van der Waals surface area contributed by atoms with Crippen molar-refractivity contribution in [2.24, 2.45) is 0 Å². The van der Waals surface area contributed by atoms with Gasteiger partial charge in [-0.1, -0.05) is 13.8 Å². The summed E-state index contributed by atoms with van der Waals surface area (Å²) >= 11 is 0.479. The highest BCUT2D eigenvalue weighted by Gasteiger charge is 2.63. The van der Waals surface area contributed by atoms with Crippen molar-refractivity contribution in [1.82, 2.24) is 4.37 Å². The summed E-state index contributed by atoms with van der Waals surface area (Å²) in [6.07, 6.45) is -6.00. The number of hydrogen-bond donors (Lipinski definition) is 1. The number of amides is 1. The molecule has 0 fully saturated rings. The first-order valence-electron chi connectivity index (χ1n) is 5.18. The summed E-state index contributed by atoms with van der Waals surface area (Å²) in [5, 5.41) is 9.85. The first-order chi connectivity index (χ1) is 9.02. The summed E-state index contributed by atoms with van der Waals surface area (Å²) in [5.41, 5.74) is 0.0134. The number of rotatable bonds is 3. The molecule has 0 aromatic carbocycles. The maximum atomic E-state index is 12.8. The molecule has 0 spiro atoms. The first kappa shape index (κ1) is 16.3. The highest BCUT2D eigenvalue weighted by atomic mass is 32.1. The topological polar surface area (TPSA) is 65.8 Å². The number of nitrogens with zero attached hydrogens (tertiary/aromatic N) is 2. The van der Waals surface area contributed by atoms with Crippen LogP contribution in [0.15, 0.2) is 0 Å². The predicted octanol–water partition coefficient (Wildman–Crippen LogP) is 3.27. The summed E-state index contributed by atoms with van der Waals surface area (Å²) in [7, 11) is 0. The minimum Gasteiger partial charge on any atom is -0.310 e. The number of carbonyl (C=O) groups excluding carboxylic acids is 1.